The number of esters is 1. The highest BCUT2D eigenvalue weighted by molar-refractivity contribution is 5.79. The first-order valence-corrected chi connectivity index (χ1v) is 9.46. The molecule has 0 spiro atoms. The van der Waals surface area contributed by atoms with Crippen molar-refractivity contribution in [3.05, 3.63) is 56.3 Å². The highest BCUT2D eigenvalue weighted by Crippen LogP contribution is 2.46. The number of H-pyrrole nitrogens is 1. The molecular weight excluding hydrogens is 363 g/mol. The molecule has 0 radical (unpaired) electrons. The predicted molar refractivity (Wildman–Crippen MR) is 99.0 cm³/mol. The van der Waals surface area contributed by atoms with E-state index in [1.54, 1.807) is 6.07 Å². The molecule has 2 unspecified atom stereocenters. The predicted octanol–water partition coefficient (Wildman–Crippen LogP) is 2.91. The molecule has 2 aromatic heterocycles. The summed E-state index contributed by atoms with van der Waals surface area (Å²) in [4.78, 5) is 31.5. The number of aromatic nitrogens is 2. The van der Waals surface area contributed by atoms with E-state index in [1.165, 1.54) is 6.08 Å². The van der Waals surface area contributed by atoms with Crippen LogP contribution in [0.4, 0.5) is 4.39 Å². The number of cyclic esters (lactones) is 1. The minimum absolute atomic E-state index is 0.129. The molecule has 3 atom stereocenters. The molecule has 144 valence electrons. The van der Waals surface area contributed by atoms with E-state index >= 15 is 0 Å². The molecule has 7 heteroatoms. The van der Waals surface area contributed by atoms with E-state index in [0.717, 1.165) is 30.4 Å². The van der Waals surface area contributed by atoms with Gasteiger partial charge in [0.2, 0.25) is 0 Å². The molecular formula is C21H19FN2O4. The molecule has 28 heavy (non-hydrogen) atoms. The summed E-state index contributed by atoms with van der Waals surface area (Å²) in [6.07, 6.45) is 2.78. The van der Waals surface area contributed by atoms with Gasteiger partial charge in [-0.15, -0.1) is 0 Å². The number of hydrogen-bond acceptors (Lipinski definition) is 5. The average molecular weight is 382 g/mol. The molecule has 2 aliphatic carbocycles. The van der Waals surface area contributed by atoms with Gasteiger partial charge in [-0.1, -0.05) is 6.92 Å². The second-order valence-corrected chi connectivity index (χ2v) is 7.74. The van der Waals surface area contributed by atoms with E-state index in [0.29, 0.717) is 17.1 Å². The first-order chi connectivity index (χ1) is 13.4. The Balaban J connectivity index is 1.69. The molecule has 2 N–H and O–H groups in total. The summed E-state index contributed by atoms with van der Waals surface area (Å²) in [6.45, 7) is 1.74. The van der Waals surface area contributed by atoms with Crippen LogP contribution in [-0.4, -0.2) is 21.0 Å². The van der Waals surface area contributed by atoms with Gasteiger partial charge in [-0.2, -0.15) is 0 Å². The van der Waals surface area contributed by atoms with Crippen molar-refractivity contribution >= 4 is 12.0 Å². The third kappa shape index (κ3) is 2.46. The number of allylic oxidation sites excluding steroid dienone is 1. The number of ether oxygens (including phenoxy) is 1. The average Bonchev–Trinajstić information content (AvgIpc) is 2.68. The molecule has 0 saturated carbocycles. The molecule has 0 saturated heterocycles. The number of carbonyl (C=O) groups excluding carboxylic acids is 1. The van der Waals surface area contributed by atoms with Gasteiger partial charge in [0, 0.05) is 11.5 Å². The van der Waals surface area contributed by atoms with E-state index in [9.17, 15) is 19.1 Å². The minimum atomic E-state index is -1.50. The number of aromatic amines is 1. The van der Waals surface area contributed by atoms with E-state index < -0.39 is 17.6 Å². The van der Waals surface area contributed by atoms with Crippen molar-refractivity contribution in [1.29, 1.82) is 0 Å². The normalized spacial score (nSPS) is 25.5. The zero-order chi connectivity index (χ0) is 19.6. The summed E-state index contributed by atoms with van der Waals surface area (Å²) in [5.41, 5.74) is 3.75. The van der Waals surface area contributed by atoms with Crippen LogP contribution >= 0.6 is 0 Å². The summed E-state index contributed by atoms with van der Waals surface area (Å²) in [7, 11) is 0. The third-order valence-electron chi connectivity index (χ3n) is 6.14. The van der Waals surface area contributed by atoms with Crippen LogP contribution in [0, 0.1) is 5.92 Å². The minimum Gasteiger partial charge on any atom is -0.458 e. The number of aliphatic hydroxyl groups is 1. The number of aryl methyl sites for hydroxylation is 1. The third-order valence-corrected chi connectivity index (χ3v) is 6.14. The zero-order valence-electron chi connectivity index (χ0n) is 15.3. The number of fused-ring (bicyclic) bond motifs is 1. The Labute approximate surface area is 160 Å². The lowest BCUT2D eigenvalue weighted by Gasteiger charge is -2.34. The molecule has 0 fully saturated rings. The van der Waals surface area contributed by atoms with E-state index in [-0.39, 0.29) is 35.4 Å². The van der Waals surface area contributed by atoms with Crippen LogP contribution in [-0.2, 0) is 22.6 Å². The summed E-state index contributed by atoms with van der Waals surface area (Å²) in [5, 5.41) is 10.1. The van der Waals surface area contributed by atoms with Crippen molar-refractivity contribution in [1.82, 2.24) is 9.97 Å². The fourth-order valence-corrected chi connectivity index (χ4v) is 4.61. The first-order valence-electron chi connectivity index (χ1n) is 9.46. The second-order valence-electron chi connectivity index (χ2n) is 7.74. The van der Waals surface area contributed by atoms with Crippen molar-refractivity contribution in [3.63, 3.8) is 0 Å². The summed E-state index contributed by atoms with van der Waals surface area (Å²) in [6, 6.07) is 3.50. The number of carbonyl (C=O) groups is 1. The number of halogens is 1. The van der Waals surface area contributed by atoms with Gasteiger partial charge in [0.05, 0.1) is 22.6 Å². The monoisotopic (exact) mass is 382 g/mol. The Morgan fingerprint density at radius 2 is 2.14 bits per heavy atom. The highest BCUT2D eigenvalue weighted by Gasteiger charge is 2.35. The lowest BCUT2D eigenvalue weighted by Crippen LogP contribution is -2.29. The molecule has 3 aliphatic rings. The van der Waals surface area contributed by atoms with E-state index in [2.05, 4.69) is 9.97 Å². The number of nitrogens with one attached hydrogen (secondary N) is 1. The first kappa shape index (κ1) is 17.3. The van der Waals surface area contributed by atoms with Crippen molar-refractivity contribution in [2.24, 2.45) is 5.92 Å². The van der Waals surface area contributed by atoms with E-state index in [4.69, 9.17) is 4.74 Å². The maximum Gasteiger partial charge on any atom is 0.340 e. The smallest absolute Gasteiger partial charge is 0.340 e. The fourth-order valence-electron chi connectivity index (χ4n) is 4.61. The van der Waals surface area contributed by atoms with Crippen molar-refractivity contribution in [2.45, 2.75) is 44.8 Å². The zero-order valence-corrected chi connectivity index (χ0v) is 15.3. The van der Waals surface area contributed by atoms with Gasteiger partial charge < -0.3 is 14.8 Å². The Bertz CT molecular complexity index is 1100. The highest BCUT2D eigenvalue weighted by atomic mass is 19.1. The Morgan fingerprint density at radius 3 is 2.96 bits per heavy atom. The molecule has 0 amide bonds. The molecule has 2 aromatic rings. The van der Waals surface area contributed by atoms with Gasteiger partial charge in [0.15, 0.2) is 6.10 Å². The van der Waals surface area contributed by atoms with Crippen molar-refractivity contribution in [2.75, 3.05) is 0 Å². The number of hydrogen-bond donors (Lipinski definition) is 2. The summed E-state index contributed by atoms with van der Waals surface area (Å²) < 4.78 is 19.3. The maximum absolute atomic E-state index is 14.4. The Morgan fingerprint density at radius 1 is 1.32 bits per heavy atom. The standard InChI is InChI=1S/C21H19FN2O4/c1-9-11-4-2-3-10-5-15(23-17(18(10)11)7-14(9)22)16-6-12-13(20(26)24-16)8-28-21(27)19(12)25/h5-7,9,11,19,25H,2-4,8H2,1H3,(H,24,26)/t9?,11?,19-/m0/s1. The van der Waals surface area contributed by atoms with Gasteiger partial charge in [-0.25, -0.2) is 14.2 Å². The van der Waals surface area contributed by atoms with E-state index in [1.807, 2.05) is 13.0 Å². The molecule has 3 heterocycles. The molecule has 0 aromatic carbocycles. The molecule has 5 rings (SSSR count). The number of nitrogens with zero attached hydrogens (tertiary/aromatic N) is 1. The van der Waals surface area contributed by atoms with Gasteiger partial charge in [-0.05, 0) is 54.5 Å². The van der Waals surface area contributed by atoms with Crippen LogP contribution in [0.15, 0.2) is 22.8 Å². The van der Waals surface area contributed by atoms with Crippen LogP contribution in [0.3, 0.4) is 0 Å². The summed E-state index contributed by atoms with van der Waals surface area (Å²) >= 11 is 0. The van der Waals surface area contributed by atoms with Gasteiger partial charge in [-0.3, -0.25) is 4.79 Å². The topological polar surface area (TPSA) is 92.3 Å². The molecule has 0 bridgehead atoms. The lowest BCUT2D eigenvalue weighted by atomic mass is 9.72. The number of pyridine rings is 2. The second kappa shape index (κ2) is 6.10. The Hall–Kier alpha value is -2.80. The summed E-state index contributed by atoms with van der Waals surface area (Å²) in [5.74, 6) is -0.972. The van der Waals surface area contributed by atoms with Gasteiger partial charge >= 0.3 is 5.97 Å². The maximum atomic E-state index is 14.4. The lowest BCUT2D eigenvalue weighted by molar-refractivity contribution is -0.157. The van der Waals surface area contributed by atoms with Crippen LogP contribution in [0.25, 0.3) is 17.5 Å². The van der Waals surface area contributed by atoms with Crippen molar-refractivity contribution in [3.8, 4) is 11.4 Å². The molecule has 1 aliphatic heterocycles. The van der Waals surface area contributed by atoms with Crippen LogP contribution in [0.1, 0.15) is 59.7 Å². The fraction of sp³-hybridized carbons (Fsp3) is 0.381. The van der Waals surface area contributed by atoms with Crippen LogP contribution in [0.2, 0.25) is 0 Å². The van der Waals surface area contributed by atoms with Crippen LogP contribution < -0.4 is 5.56 Å². The van der Waals surface area contributed by atoms with Gasteiger partial charge in [0.25, 0.3) is 5.56 Å². The molecule has 6 nitrogen and oxygen atoms in total. The number of aliphatic hydroxyl groups excluding tert-OH is 1. The SMILES string of the molecule is CC1C(F)=Cc2nc(-c3cc4c(c(=O)[nH]3)COC(=O)[C@H]4O)cc3c2C1CCC3. The quantitative estimate of drug-likeness (QED) is 0.740. The van der Waals surface area contributed by atoms with Gasteiger partial charge in [0.1, 0.15) is 12.4 Å². The Kier molecular flexibility index (Phi) is 3.77. The van der Waals surface area contributed by atoms with Crippen molar-refractivity contribution < 1.29 is 19.0 Å². The largest absolute Gasteiger partial charge is 0.458 e. The number of rotatable bonds is 1. The van der Waals surface area contributed by atoms with Crippen LogP contribution in [0.5, 0.6) is 0 Å².